The summed E-state index contributed by atoms with van der Waals surface area (Å²) in [5, 5.41) is 0. The van der Waals surface area contributed by atoms with Crippen LogP contribution < -0.4 is 4.74 Å². The third-order valence-corrected chi connectivity index (χ3v) is 3.60. The molecule has 0 N–H and O–H groups in total. The predicted molar refractivity (Wildman–Crippen MR) is 77.9 cm³/mol. The molecule has 3 rings (SSSR count). The van der Waals surface area contributed by atoms with Crippen LogP contribution in [0.15, 0.2) is 42.9 Å². The number of ether oxygens (including phenoxy) is 1. The van der Waals surface area contributed by atoms with E-state index in [4.69, 9.17) is 4.74 Å². The molecule has 1 fully saturated rings. The van der Waals surface area contributed by atoms with Gasteiger partial charge in [-0.25, -0.2) is 4.98 Å². The number of rotatable bonds is 5. The summed E-state index contributed by atoms with van der Waals surface area (Å²) in [6, 6.07) is 8.24. The summed E-state index contributed by atoms with van der Waals surface area (Å²) in [6.45, 7) is 3.67. The fourth-order valence-corrected chi connectivity index (χ4v) is 2.48. The fourth-order valence-electron chi connectivity index (χ4n) is 2.48. The highest BCUT2D eigenvalue weighted by Gasteiger charge is 2.10. The first kappa shape index (κ1) is 13.1. The maximum Gasteiger partial charge on any atom is 0.237 e. The Hall–Kier alpha value is -1.94. The van der Waals surface area contributed by atoms with Gasteiger partial charge in [0.25, 0.3) is 0 Å². The summed E-state index contributed by atoms with van der Waals surface area (Å²) >= 11 is 0. The maximum atomic E-state index is 5.63. The minimum absolute atomic E-state index is 0.525. The van der Waals surface area contributed by atoms with Crippen LogP contribution in [0.25, 0.3) is 0 Å². The van der Waals surface area contributed by atoms with E-state index in [0.29, 0.717) is 5.88 Å². The van der Waals surface area contributed by atoms with Crippen molar-refractivity contribution < 1.29 is 4.74 Å². The SMILES string of the molecule is c1cnc(Oc2ccc(CCN3CCCC3)cc2)cn1. The topological polar surface area (TPSA) is 38.2 Å². The molecule has 2 aromatic rings. The minimum atomic E-state index is 0.525. The average molecular weight is 269 g/mol. The Labute approximate surface area is 119 Å². The number of nitrogens with zero attached hydrogens (tertiary/aromatic N) is 3. The molecule has 0 atom stereocenters. The molecule has 104 valence electrons. The van der Waals surface area contributed by atoms with Gasteiger partial charge in [-0.2, -0.15) is 0 Å². The van der Waals surface area contributed by atoms with Crippen molar-refractivity contribution in [2.75, 3.05) is 19.6 Å². The van der Waals surface area contributed by atoms with E-state index < -0.39 is 0 Å². The van der Waals surface area contributed by atoms with E-state index in [1.54, 1.807) is 18.6 Å². The largest absolute Gasteiger partial charge is 0.438 e. The molecule has 0 bridgehead atoms. The fraction of sp³-hybridized carbons (Fsp3) is 0.375. The van der Waals surface area contributed by atoms with Gasteiger partial charge in [0.15, 0.2) is 0 Å². The summed E-state index contributed by atoms with van der Waals surface area (Å²) < 4.78 is 5.63. The van der Waals surface area contributed by atoms with Gasteiger partial charge in [-0.15, -0.1) is 0 Å². The second-order valence-corrected chi connectivity index (χ2v) is 5.09. The molecular weight excluding hydrogens is 250 g/mol. The van der Waals surface area contributed by atoms with Crippen molar-refractivity contribution in [3.05, 3.63) is 48.4 Å². The predicted octanol–water partition coefficient (Wildman–Crippen LogP) is 2.91. The minimum Gasteiger partial charge on any atom is -0.438 e. The van der Waals surface area contributed by atoms with E-state index >= 15 is 0 Å². The van der Waals surface area contributed by atoms with Gasteiger partial charge in [-0.05, 0) is 50.0 Å². The van der Waals surface area contributed by atoms with Crippen LogP contribution in [0, 0.1) is 0 Å². The Morgan fingerprint density at radius 3 is 2.55 bits per heavy atom. The van der Waals surface area contributed by atoms with Gasteiger partial charge in [0.2, 0.25) is 5.88 Å². The first-order chi connectivity index (χ1) is 9.90. The molecule has 1 aromatic heterocycles. The molecule has 4 heteroatoms. The first-order valence-corrected chi connectivity index (χ1v) is 7.15. The van der Waals surface area contributed by atoms with Crippen LogP contribution in [0.2, 0.25) is 0 Å². The molecule has 4 nitrogen and oxygen atoms in total. The molecular formula is C16H19N3O. The van der Waals surface area contributed by atoms with Crippen LogP contribution in [-0.2, 0) is 6.42 Å². The molecule has 0 aliphatic carbocycles. The molecule has 0 radical (unpaired) electrons. The van der Waals surface area contributed by atoms with Crippen LogP contribution in [0.1, 0.15) is 18.4 Å². The summed E-state index contributed by atoms with van der Waals surface area (Å²) in [5.74, 6) is 1.33. The number of benzene rings is 1. The molecule has 1 aliphatic rings. The van der Waals surface area contributed by atoms with Crippen molar-refractivity contribution in [1.82, 2.24) is 14.9 Å². The summed E-state index contributed by atoms with van der Waals surface area (Å²) in [5.41, 5.74) is 1.35. The van der Waals surface area contributed by atoms with Crippen molar-refractivity contribution in [2.24, 2.45) is 0 Å². The highest BCUT2D eigenvalue weighted by Crippen LogP contribution is 2.19. The zero-order valence-electron chi connectivity index (χ0n) is 11.5. The lowest BCUT2D eigenvalue weighted by molar-refractivity contribution is 0.343. The van der Waals surface area contributed by atoms with Crippen molar-refractivity contribution >= 4 is 0 Å². The van der Waals surface area contributed by atoms with Gasteiger partial charge in [0.1, 0.15) is 5.75 Å². The lowest BCUT2D eigenvalue weighted by Gasteiger charge is -2.14. The third kappa shape index (κ3) is 3.54. The van der Waals surface area contributed by atoms with E-state index in [0.717, 1.165) is 18.7 Å². The second kappa shape index (κ2) is 6.48. The molecule has 0 unspecified atom stereocenters. The third-order valence-electron chi connectivity index (χ3n) is 3.60. The van der Waals surface area contributed by atoms with Crippen LogP contribution in [0.3, 0.4) is 0 Å². The van der Waals surface area contributed by atoms with E-state index in [-0.39, 0.29) is 0 Å². The smallest absolute Gasteiger partial charge is 0.237 e. The summed E-state index contributed by atoms with van der Waals surface area (Å²) in [6.07, 6.45) is 8.68. The van der Waals surface area contributed by atoms with Gasteiger partial charge in [0, 0.05) is 18.9 Å². The highest BCUT2D eigenvalue weighted by atomic mass is 16.5. The molecule has 2 heterocycles. The van der Waals surface area contributed by atoms with Gasteiger partial charge >= 0.3 is 0 Å². The summed E-state index contributed by atoms with van der Waals surface area (Å²) in [7, 11) is 0. The number of likely N-dealkylation sites (tertiary alicyclic amines) is 1. The summed E-state index contributed by atoms with van der Waals surface area (Å²) in [4.78, 5) is 10.6. The van der Waals surface area contributed by atoms with Gasteiger partial charge in [0.05, 0.1) is 6.20 Å². The normalized spacial score (nSPS) is 15.4. The van der Waals surface area contributed by atoms with E-state index in [2.05, 4.69) is 27.0 Å². The quantitative estimate of drug-likeness (QED) is 0.836. The molecule has 1 saturated heterocycles. The van der Waals surface area contributed by atoms with Crippen molar-refractivity contribution in [2.45, 2.75) is 19.3 Å². The molecule has 1 aliphatic heterocycles. The second-order valence-electron chi connectivity index (χ2n) is 5.09. The zero-order chi connectivity index (χ0) is 13.6. The maximum absolute atomic E-state index is 5.63. The molecule has 20 heavy (non-hydrogen) atoms. The molecule has 0 saturated carbocycles. The molecule has 1 aromatic carbocycles. The highest BCUT2D eigenvalue weighted by molar-refractivity contribution is 5.30. The lowest BCUT2D eigenvalue weighted by Crippen LogP contribution is -2.21. The molecule has 0 amide bonds. The van der Waals surface area contributed by atoms with Crippen LogP contribution in [0.4, 0.5) is 0 Å². The Morgan fingerprint density at radius 2 is 1.85 bits per heavy atom. The molecule has 0 spiro atoms. The van der Waals surface area contributed by atoms with Gasteiger partial charge in [-0.1, -0.05) is 12.1 Å². The van der Waals surface area contributed by atoms with Crippen LogP contribution in [-0.4, -0.2) is 34.5 Å². The zero-order valence-corrected chi connectivity index (χ0v) is 11.5. The Balaban J connectivity index is 1.54. The Bertz CT molecular complexity index is 521. The first-order valence-electron chi connectivity index (χ1n) is 7.15. The lowest BCUT2D eigenvalue weighted by atomic mass is 10.1. The van der Waals surface area contributed by atoms with Crippen molar-refractivity contribution in [1.29, 1.82) is 0 Å². The van der Waals surface area contributed by atoms with Crippen molar-refractivity contribution in [3.63, 3.8) is 0 Å². The van der Waals surface area contributed by atoms with E-state index in [1.807, 2.05) is 12.1 Å². The van der Waals surface area contributed by atoms with Crippen molar-refractivity contribution in [3.8, 4) is 11.6 Å². The number of hydrogen-bond acceptors (Lipinski definition) is 4. The number of aromatic nitrogens is 2. The standard InChI is InChI=1S/C16H19N3O/c1-2-11-19(10-1)12-7-14-3-5-15(6-4-14)20-16-13-17-8-9-18-16/h3-6,8-9,13H,1-2,7,10-12H2. The van der Waals surface area contributed by atoms with Crippen LogP contribution >= 0.6 is 0 Å². The Kier molecular flexibility index (Phi) is 4.23. The van der Waals surface area contributed by atoms with Gasteiger partial charge < -0.3 is 9.64 Å². The van der Waals surface area contributed by atoms with Crippen LogP contribution in [0.5, 0.6) is 11.6 Å². The van der Waals surface area contributed by atoms with E-state index in [1.165, 1.54) is 31.5 Å². The number of hydrogen-bond donors (Lipinski definition) is 0. The average Bonchev–Trinajstić information content (AvgIpc) is 3.01. The van der Waals surface area contributed by atoms with E-state index in [9.17, 15) is 0 Å². The van der Waals surface area contributed by atoms with Gasteiger partial charge in [-0.3, -0.25) is 4.98 Å². The Morgan fingerprint density at radius 1 is 1.05 bits per heavy atom. The monoisotopic (exact) mass is 269 g/mol.